The minimum atomic E-state index is -1.39. The number of carboxylic acids is 1. The van der Waals surface area contributed by atoms with E-state index in [9.17, 15) is 23.5 Å². The first-order chi connectivity index (χ1) is 11.7. The van der Waals surface area contributed by atoms with Crippen molar-refractivity contribution in [2.75, 3.05) is 0 Å². The van der Waals surface area contributed by atoms with E-state index in [0.717, 1.165) is 12.1 Å². The summed E-state index contributed by atoms with van der Waals surface area (Å²) < 4.78 is 26.3. The Morgan fingerprint density at radius 1 is 1.12 bits per heavy atom. The molecule has 2 N–H and O–H groups in total. The molecule has 25 heavy (non-hydrogen) atoms. The average molecular weight is 347 g/mol. The molecular weight excluding hydrogens is 328 g/mol. The van der Waals surface area contributed by atoms with Crippen LogP contribution in [0.3, 0.4) is 0 Å². The Hall–Kier alpha value is -2.76. The Labute approximate surface area is 144 Å². The Morgan fingerprint density at radius 3 is 2.32 bits per heavy atom. The predicted molar refractivity (Wildman–Crippen MR) is 89.0 cm³/mol. The van der Waals surface area contributed by atoms with Crippen molar-refractivity contribution in [1.29, 1.82) is 0 Å². The van der Waals surface area contributed by atoms with Crippen LogP contribution in [-0.4, -0.2) is 17.0 Å². The topological polar surface area (TPSA) is 66.4 Å². The van der Waals surface area contributed by atoms with Gasteiger partial charge >= 0.3 is 5.97 Å². The second-order valence-electron chi connectivity index (χ2n) is 6.14. The SMILES string of the molecule is CC(NC(=O)CC(C)(C(=O)O)c1ccccc1)c1ccc(F)c(F)c1. The summed E-state index contributed by atoms with van der Waals surface area (Å²) in [7, 11) is 0. The summed E-state index contributed by atoms with van der Waals surface area (Å²) in [5, 5.41) is 12.2. The van der Waals surface area contributed by atoms with E-state index in [1.165, 1.54) is 13.0 Å². The molecule has 0 saturated heterocycles. The Balaban J connectivity index is 2.14. The molecule has 132 valence electrons. The van der Waals surface area contributed by atoms with Crippen molar-refractivity contribution in [3.05, 3.63) is 71.3 Å². The van der Waals surface area contributed by atoms with E-state index < -0.39 is 35.0 Å². The van der Waals surface area contributed by atoms with Crippen molar-refractivity contribution < 1.29 is 23.5 Å². The van der Waals surface area contributed by atoms with E-state index in [0.29, 0.717) is 11.1 Å². The van der Waals surface area contributed by atoms with E-state index in [1.807, 2.05) is 0 Å². The second kappa shape index (κ2) is 7.42. The zero-order chi connectivity index (χ0) is 18.6. The molecule has 0 aliphatic rings. The number of carbonyl (C=O) groups is 2. The largest absolute Gasteiger partial charge is 0.481 e. The lowest BCUT2D eigenvalue weighted by Crippen LogP contribution is -2.39. The monoisotopic (exact) mass is 347 g/mol. The van der Waals surface area contributed by atoms with Crippen LogP contribution in [0, 0.1) is 11.6 Å². The number of rotatable bonds is 6. The van der Waals surface area contributed by atoms with E-state index in [1.54, 1.807) is 37.3 Å². The molecule has 2 aromatic rings. The van der Waals surface area contributed by atoms with Crippen molar-refractivity contribution in [2.45, 2.75) is 31.7 Å². The lowest BCUT2D eigenvalue weighted by molar-refractivity contribution is -0.145. The molecule has 0 aliphatic heterocycles. The van der Waals surface area contributed by atoms with E-state index >= 15 is 0 Å². The average Bonchev–Trinajstić information content (AvgIpc) is 2.57. The molecule has 0 spiro atoms. The number of amides is 1. The molecule has 0 radical (unpaired) electrons. The maximum atomic E-state index is 13.3. The number of halogens is 2. The molecule has 2 aromatic carbocycles. The first-order valence-corrected chi connectivity index (χ1v) is 7.77. The van der Waals surface area contributed by atoms with Gasteiger partial charge in [0, 0.05) is 6.42 Å². The highest BCUT2D eigenvalue weighted by Crippen LogP contribution is 2.28. The first-order valence-electron chi connectivity index (χ1n) is 7.77. The highest BCUT2D eigenvalue weighted by Gasteiger charge is 2.37. The number of carbonyl (C=O) groups excluding carboxylic acids is 1. The molecule has 4 nitrogen and oxygen atoms in total. The number of hydrogen-bond donors (Lipinski definition) is 2. The van der Waals surface area contributed by atoms with E-state index in [2.05, 4.69) is 5.32 Å². The van der Waals surface area contributed by atoms with Crippen molar-refractivity contribution in [3.8, 4) is 0 Å². The molecule has 0 aliphatic carbocycles. The summed E-state index contributed by atoms with van der Waals surface area (Å²) in [5.74, 6) is -3.58. The van der Waals surface area contributed by atoms with Gasteiger partial charge in [-0.2, -0.15) is 0 Å². The van der Waals surface area contributed by atoms with Gasteiger partial charge < -0.3 is 10.4 Å². The third-order valence-electron chi connectivity index (χ3n) is 4.22. The lowest BCUT2D eigenvalue weighted by Gasteiger charge is -2.26. The summed E-state index contributed by atoms with van der Waals surface area (Å²) in [6.45, 7) is 3.09. The molecule has 2 unspecified atom stereocenters. The third-order valence-corrected chi connectivity index (χ3v) is 4.22. The fourth-order valence-corrected chi connectivity index (χ4v) is 2.59. The number of aliphatic carboxylic acids is 1. The molecule has 2 rings (SSSR count). The van der Waals surface area contributed by atoms with Gasteiger partial charge in [-0.1, -0.05) is 36.4 Å². The molecule has 2 atom stereocenters. The van der Waals surface area contributed by atoms with Gasteiger partial charge in [0.15, 0.2) is 11.6 Å². The van der Waals surface area contributed by atoms with Crippen molar-refractivity contribution in [2.24, 2.45) is 0 Å². The number of benzene rings is 2. The summed E-state index contributed by atoms with van der Waals surface area (Å²) in [6, 6.07) is 11.3. The van der Waals surface area contributed by atoms with Crippen LogP contribution in [0.15, 0.2) is 48.5 Å². The molecule has 0 aromatic heterocycles. The zero-order valence-corrected chi connectivity index (χ0v) is 13.9. The maximum absolute atomic E-state index is 13.3. The van der Waals surface area contributed by atoms with Gasteiger partial charge in [0.2, 0.25) is 5.91 Å². The number of hydrogen-bond acceptors (Lipinski definition) is 2. The smallest absolute Gasteiger partial charge is 0.314 e. The summed E-state index contributed by atoms with van der Waals surface area (Å²) in [6.07, 6.45) is -0.277. The third kappa shape index (κ3) is 4.21. The number of nitrogens with one attached hydrogen (secondary N) is 1. The van der Waals surface area contributed by atoms with Gasteiger partial charge in [-0.25, -0.2) is 8.78 Å². The van der Waals surface area contributed by atoms with Gasteiger partial charge in [-0.3, -0.25) is 9.59 Å². The van der Waals surface area contributed by atoms with Gasteiger partial charge in [0.05, 0.1) is 11.5 Å². The van der Waals surface area contributed by atoms with Crippen LogP contribution in [0.25, 0.3) is 0 Å². The van der Waals surface area contributed by atoms with Crippen LogP contribution in [0.5, 0.6) is 0 Å². The molecular formula is C19H19F2NO3. The van der Waals surface area contributed by atoms with Crippen LogP contribution in [-0.2, 0) is 15.0 Å². The quantitative estimate of drug-likeness (QED) is 0.839. The van der Waals surface area contributed by atoms with Gasteiger partial charge in [0.25, 0.3) is 0 Å². The Morgan fingerprint density at radius 2 is 1.76 bits per heavy atom. The van der Waals surface area contributed by atoms with E-state index in [4.69, 9.17) is 0 Å². The van der Waals surface area contributed by atoms with Crippen LogP contribution in [0.2, 0.25) is 0 Å². The van der Waals surface area contributed by atoms with Crippen LogP contribution in [0.4, 0.5) is 8.78 Å². The summed E-state index contributed by atoms with van der Waals surface area (Å²) >= 11 is 0. The van der Waals surface area contributed by atoms with Crippen molar-refractivity contribution in [1.82, 2.24) is 5.32 Å². The lowest BCUT2D eigenvalue weighted by atomic mass is 9.79. The minimum Gasteiger partial charge on any atom is -0.481 e. The summed E-state index contributed by atoms with van der Waals surface area (Å²) in [4.78, 5) is 24.1. The Bertz CT molecular complexity index is 779. The Kier molecular flexibility index (Phi) is 5.51. The molecule has 0 saturated carbocycles. The van der Waals surface area contributed by atoms with Gasteiger partial charge in [-0.15, -0.1) is 0 Å². The number of carboxylic acid groups (broad SMARTS) is 1. The molecule has 0 fully saturated rings. The molecule has 0 heterocycles. The maximum Gasteiger partial charge on any atom is 0.314 e. The minimum absolute atomic E-state index is 0.277. The second-order valence-corrected chi connectivity index (χ2v) is 6.14. The van der Waals surface area contributed by atoms with Crippen molar-refractivity contribution in [3.63, 3.8) is 0 Å². The van der Waals surface area contributed by atoms with Gasteiger partial charge in [0.1, 0.15) is 0 Å². The van der Waals surface area contributed by atoms with Crippen molar-refractivity contribution >= 4 is 11.9 Å². The summed E-state index contributed by atoms with van der Waals surface area (Å²) in [5.41, 5.74) is -0.485. The molecule has 0 bridgehead atoms. The molecule has 6 heteroatoms. The fourth-order valence-electron chi connectivity index (χ4n) is 2.59. The highest BCUT2D eigenvalue weighted by molar-refractivity contribution is 5.89. The van der Waals surface area contributed by atoms with Crippen LogP contribution in [0.1, 0.15) is 37.4 Å². The van der Waals surface area contributed by atoms with E-state index in [-0.39, 0.29) is 6.42 Å². The fraction of sp³-hybridized carbons (Fsp3) is 0.263. The van der Waals surface area contributed by atoms with Gasteiger partial charge in [-0.05, 0) is 37.1 Å². The highest BCUT2D eigenvalue weighted by atomic mass is 19.2. The normalized spacial score (nSPS) is 14.4. The van der Waals surface area contributed by atoms with Crippen LogP contribution >= 0.6 is 0 Å². The zero-order valence-electron chi connectivity index (χ0n) is 13.9. The first kappa shape index (κ1) is 18.6. The standard InChI is InChI=1S/C19H19F2NO3/c1-12(13-8-9-15(20)16(21)10-13)22-17(23)11-19(2,18(24)25)14-6-4-3-5-7-14/h3-10,12H,11H2,1-2H3,(H,22,23)(H,24,25). The predicted octanol–water partition coefficient (Wildman–Crippen LogP) is 3.57. The molecule has 1 amide bonds. The van der Waals surface area contributed by atoms with Crippen LogP contribution < -0.4 is 5.32 Å².